The van der Waals surface area contributed by atoms with Crippen molar-refractivity contribution >= 4 is 27.5 Å². The minimum Gasteiger partial charge on any atom is -0.475 e. The Labute approximate surface area is 81.1 Å². The number of pyridine rings is 1. The zero-order chi connectivity index (χ0) is 9.42. The van der Waals surface area contributed by atoms with Crippen LogP contribution in [0, 0.1) is 0 Å². The number of hydrogen-bond donors (Lipinski definition) is 1. The Morgan fingerprint density at radius 1 is 1.54 bits per heavy atom. The summed E-state index contributed by atoms with van der Waals surface area (Å²) in [5.41, 5.74) is 0.506. The van der Waals surface area contributed by atoms with E-state index in [0.717, 1.165) is 4.47 Å². The number of nitrogens with zero attached hydrogens (tertiary/aromatic N) is 3. The van der Waals surface area contributed by atoms with Gasteiger partial charge in [0.25, 0.3) is 0 Å². The highest BCUT2D eigenvalue weighted by Crippen LogP contribution is 2.12. The van der Waals surface area contributed by atoms with Gasteiger partial charge in [-0.05, 0) is 12.1 Å². The summed E-state index contributed by atoms with van der Waals surface area (Å²) in [6.07, 6.45) is 1.60. The van der Waals surface area contributed by atoms with E-state index in [1.807, 2.05) is 0 Å². The Morgan fingerprint density at radius 3 is 3.00 bits per heavy atom. The molecule has 2 rings (SSSR count). The van der Waals surface area contributed by atoms with E-state index in [9.17, 15) is 4.79 Å². The lowest BCUT2D eigenvalue weighted by molar-refractivity contribution is 0.0682. The average molecular weight is 242 g/mol. The standard InChI is InChI=1S/C7H4BrN3O2/c8-4-1-2-11-5(3-4)9-10-6(11)7(12)13/h1-3H,(H,12,13). The van der Waals surface area contributed by atoms with E-state index in [4.69, 9.17) is 5.11 Å². The molecule has 0 amide bonds. The molecule has 0 spiro atoms. The zero-order valence-electron chi connectivity index (χ0n) is 6.31. The molecule has 0 aliphatic rings. The van der Waals surface area contributed by atoms with Crippen LogP contribution in [0.1, 0.15) is 10.6 Å². The summed E-state index contributed by atoms with van der Waals surface area (Å²) >= 11 is 3.25. The Balaban J connectivity index is 2.76. The number of carboxylic acid groups (broad SMARTS) is 1. The molecule has 0 aromatic carbocycles. The summed E-state index contributed by atoms with van der Waals surface area (Å²) in [4.78, 5) is 10.6. The van der Waals surface area contributed by atoms with Gasteiger partial charge in [-0.1, -0.05) is 15.9 Å². The van der Waals surface area contributed by atoms with E-state index < -0.39 is 5.97 Å². The van der Waals surface area contributed by atoms with Crippen LogP contribution in [0.25, 0.3) is 5.65 Å². The van der Waals surface area contributed by atoms with Crippen LogP contribution in [0.15, 0.2) is 22.8 Å². The number of hydrogen-bond acceptors (Lipinski definition) is 3. The first-order valence-electron chi connectivity index (χ1n) is 3.42. The van der Waals surface area contributed by atoms with Gasteiger partial charge in [-0.3, -0.25) is 4.40 Å². The minimum absolute atomic E-state index is 0.0810. The molecule has 0 bridgehead atoms. The SMILES string of the molecule is O=C(O)c1nnc2cc(Br)ccn12. The molecule has 2 heterocycles. The molecule has 2 aromatic heterocycles. The summed E-state index contributed by atoms with van der Waals surface area (Å²) in [7, 11) is 0. The van der Waals surface area contributed by atoms with Crippen molar-refractivity contribution in [1.82, 2.24) is 14.6 Å². The van der Waals surface area contributed by atoms with Gasteiger partial charge < -0.3 is 5.11 Å². The molecule has 0 aliphatic heterocycles. The van der Waals surface area contributed by atoms with Gasteiger partial charge in [0.2, 0.25) is 5.82 Å². The summed E-state index contributed by atoms with van der Waals surface area (Å²) in [5.74, 6) is -1.17. The molecule has 6 heteroatoms. The van der Waals surface area contributed by atoms with Gasteiger partial charge >= 0.3 is 5.97 Å². The molecular weight excluding hydrogens is 238 g/mol. The number of aromatic carboxylic acids is 1. The maximum atomic E-state index is 10.6. The van der Waals surface area contributed by atoms with Gasteiger partial charge in [0, 0.05) is 10.7 Å². The summed E-state index contributed by atoms with van der Waals surface area (Å²) < 4.78 is 2.25. The van der Waals surface area contributed by atoms with Crippen LogP contribution in [0.5, 0.6) is 0 Å². The molecule has 0 unspecified atom stereocenters. The zero-order valence-corrected chi connectivity index (χ0v) is 7.89. The Hall–Kier alpha value is -1.43. The lowest BCUT2D eigenvalue weighted by atomic mass is 10.4. The van der Waals surface area contributed by atoms with Crippen molar-refractivity contribution in [2.24, 2.45) is 0 Å². The normalized spacial score (nSPS) is 10.5. The van der Waals surface area contributed by atoms with Gasteiger partial charge in [0.1, 0.15) is 0 Å². The maximum absolute atomic E-state index is 10.6. The van der Waals surface area contributed by atoms with E-state index in [1.54, 1.807) is 18.3 Å². The van der Waals surface area contributed by atoms with Crippen LogP contribution >= 0.6 is 15.9 Å². The molecule has 0 radical (unpaired) electrons. The Kier molecular flexibility index (Phi) is 1.77. The molecule has 5 nitrogen and oxygen atoms in total. The second-order valence-electron chi connectivity index (χ2n) is 2.40. The molecule has 13 heavy (non-hydrogen) atoms. The lowest BCUT2D eigenvalue weighted by Crippen LogP contribution is -2.02. The van der Waals surface area contributed by atoms with Crippen LogP contribution in [0.4, 0.5) is 0 Å². The fraction of sp³-hybridized carbons (Fsp3) is 0. The second kappa shape index (κ2) is 2.81. The summed E-state index contributed by atoms with van der Waals surface area (Å²) in [5, 5.41) is 15.9. The van der Waals surface area contributed by atoms with Gasteiger partial charge in [0.05, 0.1) is 0 Å². The number of fused-ring (bicyclic) bond motifs is 1. The highest BCUT2D eigenvalue weighted by molar-refractivity contribution is 9.10. The minimum atomic E-state index is -1.09. The predicted octanol–water partition coefficient (Wildman–Crippen LogP) is 1.19. The third kappa shape index (κ3) is 1.29. The number of rotatable bonds is 1. The third-order valence-corrected chi connectivity index (χ3v) is 2.06. The molecule has 0 saturated heterocycles. The molecule has 0 fully saturated rings. The van der Waals surface area contributed by atoms with Crippen molar-refractivity contribution in [1.29, 1.82) is 0 Å². The number of halogens is 1. The van der Waals surface area contributed by atoms with E-state index in [-0.39, 0.29) is 5.82 Å². The smallest absolute Gasteiger partial charge is 0.374 e. The van der Waals surface area contributed by atoms with Crippen molar-refractivity contribution in [2.75, 3.05) is 0 Å². The van der Waals surface area contributed by atoms with Gasteiger partial charge in [-0.15, -0.1) is 10.2 Å². The van der Waals surface area contributed by atoms with Crippen molar-refractivity contribution < 1.29 is 9.90 Å². The number of carboxylic acids is 1. The molecule has 0 aliphatic carbocycles. The number of carbonyl (C=O) groups is 1. The summed E-state index contributed by atoms with van der Waals surface area (Å²) in [6.45, 7) is 0. The molecule has 0 atom stereocenters. The van der Waals surface area contributed by atoms with E-state index in [1.165, 1.54) is 4.40 Å². The average Bonchev–Trinajstić information content (AvgIpc) is 2.46. The first kappa shape index (κ1) is 8.18. The third-order valence-electron chi connectivity index (χ3n) is 1.56. The Bertz CT molecular complexity index is 480. The predicted molar refractivity (Wildman–Crippen MR) is 47.6 cm³/mol. The van der Waals surface area contributed by atoms with Crippen LogP contribution in [-0.2, 0) is 0 Å². The fourth-order valence-corrected chi connectivity index (χ4v) is 1.33. The highest BCUT2D eigenvalue weighted by atomic mass is 79.9. The van der Waals surface area contributed by atoms with Crippen LogP contribution in [0.2, 0.25) is 0 Å². The first-order valence-corrected chi connectivity index (χ1v) is 4.21. The first-order chi connectivity index (χ1) is 6.18. The van der Waals surface area contributed by atoms with E-state index in [2.05, 4.69) is 26.1 Å². The van der Waals surface area contributed by atoms with E-state index >= 15 is 0 Å². The quantitative estimate of drug-likeness (QED) is 0.815. The van der Waals surface area contributed by atoms with Crippen molar-refractivity contribution in [2.45, 2.75) is 0 Å². The molecule has 2 aromatic rings. The van der Waals surface area contributed by atoms with Crippen LogP contribution < -0.4 is 0 Å². The van der Waals surface area contributed by atoms with Gasteiger partial charge in [0.15, 0.2) is 5.65 Å². The summed E-state index contributed by atoms with van der Waals surface area (Å²) in [6, 6.07) is 3.42. The second-order valence-corrected chi connectivity index (χ2v) is 3.32. The molecule has 0 saturated carbocycles. The highest BCUT2D eigenvalue weighted by Gasteiger charge is 2.11. The lowest BCUT2D eigenvalue weighted by Gasteiger charge is -1.93. The Morgan fingerprint density at radius 2 is 2.31 bits per heavy atom. The van der Waals surface area contributed by atoms with E-state index in [0.29, 0.717) is 5.65 Å². The van der Waals surface area contributed by atoms with Crippen molar-refractivity contribution in [3.63, 3.8) is 0 Å². The van der Waals surface area contributed by atoms with Gasteiger partial charge in [-0.2, -0.15) is 0 Å². The maximum Gasteiger partial charge on any atom is 0.374 e. The molecule has 66 valence electrons. The fourth-order valence-electron chi connectivity index (χ4n) is 1.01. The topological polar surface area (TPSA) is 67.5 Å². The number of aromatic nitrogens is 3. The van der Waals surface area contributed by atoms with Crippen LogP contribution in [-0.4, -0.2) is 25.7 Å². The van der Waals surface area contributed by atoms with Crippen molar-refractivity contribution in [3.8, 4) is 0 Å². The van der Waals surface area contributed by atoms with Gasteiger partial charge in [-0.25, -0.2) is 4.79 Å². The monoisotopic (exact) mass is 241 g/mol. The molecular formula is C7H4BrN3O2. The van der Waals surface area contributed by atoms with Crippen molar-refractivity contribution in [3.05, 3.63) is 28.6 Å². The van der Waals surface area contributed by atoms with Crippen LogP contribution in [0.3, 0.4) is 0 Å². The molecule has 1 N–H and O–H groups in total. The largest absolute Gasteiger partial charge is 0.475 e.